The van der Waals surface area contributed by atoms with Crippen molar-refractivity contribution >= 4 is 6.29 Å². The van der Waals surface area contributed by atoms with Crippen molar-refractivity contribution in [2.45, 2.75) is 77.9 Å². The summed E-state index contributed by atoms with van der Waals surface area (Å²) in [4.78, 5) is 12.0. The SMILES string of the molecule is C=C(C=CC=C(COCCO)C1CCC2(C1O)C1C(=C(C)C=O)C(C=CC1CCO)CC2(C)O)CCC=C(C)C. The highest BCUT2D eigenvalue weighted by Gasteiger charge is 2.67. The summed E-state index contributed by atoms with van der Waals surface area (Å²) in [7, 11) is 0. The van der Waals surface area contributed by atoms with Gasteiger partial charge in [-0.3, -0.25) is 4.79 Å². The minimum Gasteiger partial charge on any atom is -0.396 e. The van der Waals surface area contributed by atoms with Crippen LogP contribution in [0.2, 0.25) is 0 Å². The number of hydrogen-bond donors (Lipinski definition) is 4. The Morgan fingerprint density at radius 3 is 2.60 bits per heavy atom. The first-order valence-corrected chi connectivity index (χ1v) is 14.8. The van der Waals surface area contributed by atoms with Crippen LogP contribution in [-0.4, -0.2) is 64.8 Å². The highest BCUT2D eigenvalue weighted by Crippen LogP contribution is 2.66. The molecule has 0 aromatic rings. The molecule has 3 aliphatic rings. The van der Waals surface area contributed by atoms with E-state index in [1.54, 1.807) is 0 Å². The molecular formula is C34H50O6. The first-order valence-electron chi connectivity index (χ1n) is 14.8. The largest absolute Gasteiger partial charge is 0.396 e. The molecule has 0 radical (unpaired) electrons. The Morgan fingerprint density at radius 2 is 1.95 bits per heavy atom. The van der Waals surface area contributed by atoms with E-state index in [2.05, 4.69) is 38.7 Å². The lowest BCUT2D eigenvalue weighted by Gasteiger charge is -2.60. The third-order valence-electron chi connectivity index (χ3n) is 9.44. The summed E-state index contributed by atoms with van der Waals surface area (Å²) in [6, 6.07) is 0. The van der Waals surface area contributed by atoms with E-state index in [0.717, 1.165) is 35.8 Å². The fourth-order valence-electron chi connectivity index (χ4n) is 7.61. The monoisotopic (exact) mass is 554 g/mol. The fourth-order valence-corrected chi connectivity index (χ4v) is 7.61. The van der Waals surface area contributed by atoms with Gasteiger partial charge in [0.2, 0.25) is 0 Å². The molecule has 0 heterocycles. The Balaban J connectivity index is 1.99. The van der Waals surface area contributed by atoms with Crippen LogP contribution in [0.5, 0.6) is 0 Å². The number of fused-ring (bicyclic) bond motifs is 3. The van der Waals surface area contributed by atoms with Gasteiger partial charge in [-0.1, -0.05) is 59.8 Å². The summed E-state index contributed by atoms with van der Waals surface area (Å²) in [5.74, 6) is -0.675. The van der Waals surface area contributed by atoms with Crippen molar-refractivity contribution in [3.05, 3.63) is 70.9 Å². The number of allylic oxidation sites excluding steroid dienone is 10. The maximum Gasteiger partial charge on any atom is 0.145 e. The highest BCUT2D eigenvalue weighted by molar-refractivity contribution is 5.74. The summed E-state index contributed by atoms with van der Waals surface area (Å²) < 4.78 is 5.74. The van der Waals surface area contributed by atoms with Gasteiger partial charge in [0, 0.05) is 23.9 Å². The van der Waals surface area contributed by atoms with Gasteiger partial charge < -0.3 is 25.2 Å². The lowest BCUT2D eigenvalue weighted by Crippen LogP contribution is -2.63. The molecule has 0 aromatic heterocycles. The van der Waals surface area contributed by atoms with Gasteiger partial charge >= 0.3 is 0 Å². The molecule has 7 atom stereocenters. The van der Waals surface area contributed by atoms with Crippen molar-refractivity contribution in [1.29, 1.82) is 0 Å². The van der Waals surface area contributed by atoms with E-state index in [1.807, 2.05) is 32.1 Å². The Labute approximate surface area is 240 Å². The van der Waals surface area contributed by atoms with Gasteiger partial charge in [0.15, 0.2) is 0 Å². The minimum absolute atomic E-state index is 0.0101. The molecule has 1 spiro atoms. The third-order valence-corrected chi connectivity index (χ3v) is 9.44. The van der Waals surface area contributed by atoms with Gasteiger partial charge in [-0.15, -0.1) is 0 Å². The maximum atomic E-state index is 12.2. The smallest absolute Gasteiger partial charge is 0.145 e. The summed E-state index contributed by atoms with van der Waals surface area (Å²) in [6.07, 6.45) is 16.3. The molecule has 3 rings (SSSR count). The summed E-state index contributed by atoms with van der Waals surface area (Å²) in [5.41, 5.74) is 2.80. The van der Waals surface area contributed by atoms with Crippen LogP contribution in [0.4, 0.5) is 0 Å². The Hall–Kier alpha value is -2.09. The number of carbonyl (C=O) groups is 1. The van der Waals surface area contributed by atoms with E-state index < -0.39 is 17.1 Å². The molecule has 6 nitrogen and oxygen atoms in total. The Morgan fingerprint density at radius 1 is 1.20 bits per heavy atom. The van der Waals surface area contributed by atoms with Crippen LogP contribution in [0.25, 0.3) is 0 Å². The van der Waals surface area contributed by atoms with E-state index in [-0.39, 0.29) is 50.1 Å². The molecule has 3 aliphatic carbocycles. The van der Waals surface area contributed by atoms with E-state index in [0.29, 0.717) is 31.3 Å². The number of aldehydes is 1. The second kappa shape index (κ2) is 14.2. The van der Waals surface area contributed by atoms with Crippen molar-refractivity contribution in [2.75, 3.05) is 26.4 Å². The second-order valence-corrected chi connectivity index (χ2v) is 12.4. The number of aliphatic hydroxyl groups excluding tert-OH is 3. The quantitative estimate of drug-likeness (QED) is 0.0839. The molecule has 2 bridgehead atoms. The minimum atomic E-state index is -1.17. The van der Waals surface area contributed by atoms with Crippen molar-refractivity contribution in [3.63, 3.8) is 0 Å². The normalized spacial score (nSPS) is 34.9. The number of carbonyl (C=O) groups excluding carboxylic acids is 1. The zero-order valence-corrected chi connectivity index (χ0v) is 24.8. The first-order chi connectivity index (χ1) is 19.0. The van der Waals surface area contributed by atoms with Crippen molar-refractivity contribution < 1.29 is 30.0 Å². The number of rotatable bonds is 13. The lowest BCUT2D eigenvalue weighted by molar-refractivity contribution is -0.181. The molecular weight excluding hydrogens is 504 g/mol. The molecule has 2 saturated carbocycles. The number of ether oxygens (including phenoxy) is 1. The predicted molar refractivity (Wildman–Crippen MR) is 159 cm³/mol. The molecule has 0 aromatic carbocycles. The van der Waals surface area contributed by atoms with Crippen LogP contribution >= 0.6 is 0 Å². The van der Waals surface area contributed by atoms with Gasteiger partial charge in [0.25, 0.3) is 0 Å². The molecule has 0 amide bonds. The van der Waals surface area contributed by atoms with Gasteiger partial charge in [0.05, 0.1) is 31.5 Å². The topological polar surface area (TPSA) is 107 Å². The molecule has 0 aliphatic heterocycles. The maximum absolute atomic E-state index is 12.2. The van der Waals surface area contributed by atoms with Crippen molar-refractivity contribution in [3.8, 4) is 0 Å². The van der Waals surface area contributed by atoms with E-state index in [1.165, 1.54) is 5.57 Å². The lowest BCUT2D eigenvalue weighted by atomic mass is 9.46. The molecule has 222 valence electrons. The van der Waals surface area contributed by atoms with Crippen LogP contribution in [0.3, 0.4) is 0 Å². The number of aliphatic hydroxyl groups is 4. The standard InChI is InChI=1S/C34H50O6/c1-23(2)8-6-9-24(3)10-7-11-28(22-40-19-18-36)29-14-16-34(32(29)38)31-26(15-17-35)12-13-27(20-33(34,5)39)30(31)25(4)21-37/h7-8,10-13,21,26-27,29,31-32,35-36,38-39H,3,6,9,14-20,22H2,1-2,4-5H3. The highest BCUT2D eigenvalue weighted by atomic mass is 16.5. The Kier molecular flexibility index (Phi) is 11.5. The zero-order chi connectivity index (χ0) is 29.5. The summed E-state index contributed by atoms with van der Waals surface area (Å²) in [6.45, 7) is 12.3. The molecule has 7 unspecified atom stereocenters. The van der Waals surface area contributed by atoms with Crippen LogP contribution in [0.15, 0.2) is 70.9 Å². The van der Waals surface area contributed by atoms with E-state index >= 15 is 0 Å². The molecule has 4 N–H and O–H groups in total. The second-order valence-electron chi connectivity index (χ2n) is 12.4. The fraction of sp³-hybridized carbons (Fsp3) is 0.618. The van der Waals surface area contributed by atoms with E-state index in [9.17, 15) is 25.2 Å². The summed E-state index contributed by atoms with van der Waals surface area (Å²) in [5, 5.41) is 43.5. The van der Waals surface area contributed by atoms with Crippen LogP contribution in [0, 0.1) is 29.1 Å². The van der Waals surface area contributed by atoms with E-state index in [4.69, 9.17) is 4.74 Å². The summed E-state index contributed by atoms with van der Waals surface area (Å²) >= 11 is 0. The van der Waals surface area contributed by atoms with Gasteiger partial charge in [-0.05, 0) is 89.2 Å². The van der Waals surface area contributed by atoms with Crippen LogP contribution in [-0.2, 0) is 9.53 Å². The van der Waals surface area contributed by atoms with Crippen molar-refractivity contribution in [2.24, 2.45) is 29.1 Å². The molecule has 40 heavy (non-hydrogen) atoms. The first kappa shape index (κ1) is 32.4. The van der Waals surface area contributed by atoms with Crippen LogP contribution in [0.1, 0.15) is 66.2 Å². The predicted octanol–water partition coefficient (Wildman–Crippen LogP) is 5.01. The zero-order valence-electron chi connectivity index (χ0n) is 24.8. The number of hydrogen-bond acceptors (Lipinski definition) is 6. The van der Waals surface area contributed by atoms with Gasteiger partial charge in [-0.25, -0.2) is 0 Å². The van der Waals surface area contributed by atoms with Gasteiger partial charge in [-0.2, -0.15) is 0 Å². The third kappa shape index (κ3) is 6.69. The average Bonchev–Trinajstić information content (AvgIpc) is 3.25. The molecule has 0 saturated heterocycles. The van der Waals surface area contributed by atoms with Gasteiger partial charge in [0.1, 0.15) is 6.29 Å². The van der Waals surface area contributed by atoms with Crippen molar-refractivity contribution in [1.82, 2.24) is 0 Å². The average molecular weight is 555 g/mol. The Bertz CT molecular complexity index is 1060. The molecule has 2 fully saturated rings. The van der Waals surface area contributed by atoms with Crippen LogP contribution < -0.4 is 0 Å². The molecule has 6 heteroatoms.